The lowest BCUT2D eigenvalue weighted by Gasteiger charge is -2.15. The second kappa shape index (κ2) is 7.61. The molecule has 1 N–H and O–H groups in total. The lowest BCUT2D eigenvalue weighted by atomic mass is 10.2. The first-order valence-corrected chi connectivity index (χ1v) is 7.93. The highest BCUT2D eigenvalue weighted by atomic mass is 35.5. The van der Waals surface area contributed by atoms with Crippen LogP contribution in [-0.2, 0) is 4.79 Å². The summed E-state index contributed by atoms with van der Waals surface area (Å²) in [5.74, 6) is -1.05. The maximum absolute atomic E-state index is 13.1. The summed E-state index contributed by atoms with van der Waals surface area (Å²) in [6.45, 7) is 1.88. The van der Waals surface area contributed by atoms with Crippen molar-refractivity contribution in [2.75, 3.05) is 5.32 Å². The molecule has 1 atom stereocenters. The van der Waals surface area contributed by atoms with Crippen LogP contribution >= 0.6 is 23.4 Å². The minimum Gasteiger partial charge on any atom is -0.325 e. The quantitative estimate of drug-likeness (QED) is 0.764. The van der Waals surface area contributed by atoms with Gasteiger partial charge in [-0.05, 0) is 48.9 Å². The van der Waals surface area contributed by atoms with Crippen molar-refractivity contribution in [3.05, 3.63) is 59.1 Å². The van der Waals surface area contributed by atoms with Crippen molar-refractivity contribution in [3.8, 4) is 0 Å². The molecule has 0 aliphatic heterocycles. The highest BCUT2D eigenvalue weighted by Crippen LogP contribution is 2.29. The van der Waals surface area contributed by atoms with Gasteiger partial charge >= 0.3 is 0 Å². The molecular weight excluding hydrogens is 328 g/mol. The molecule has 0 spiro atoms. The molecule has 6 heteroatoms. The molecule has 2 aromatic rings. The van der Waals surface area contributed by atoms with Gasteiger partial charge < -0.3 is 5.32 Å². The summed E-state index contributed by atoms with van der Waals surface area (Å²) < 4.78 is 26.0. The third kappa shape index (κ3) is 4.45. The average Bonchev–Trinajstić information content (AvgIpc) is 2.50. The molecule has 22 heavy (non-hydrogen) atoms. The van der Waals surface area contributed by atoms with Crippen molar-refractivity contribution in [3.63, 3.8) is 0 Å². The number of anilines is 1. The van der Waals surface area contributed by atoms with Crippen LogP contribution in [0.3, 0.4) is 0 Å². The van der Waals surface area contributed by atoms with E-state index in [9.17, 15) is 13.6 Å². The second-order valence-corrected chi connectivity index (χ2v) is 6.27. The summed E-state index contributed by atoms with van der Waals surface area (Å²) in [4.78, 5) is 13.0. The van der Waals surface area contributed by atoms with Crippen LogP contribution in [0.1, 0.15) is 13.3 Å². The van der Waals surface area contributed by atoms with E-state index in [1.165, 1.54) is 48.2 Å². The fourth-order valence-corrected chi connectivity index (χ4v) is 3.03. The molecule has 0 saturated carbocycles. The zero-order valence-corrected chi connectivity index (χ0v) is 13.3. The van der Waals surface area contributed by atoms with Crippen molar-refractivity contribution in [1.29, 1.82) is 0 Å². The molecule has 0 fully saturated rings. The van der Waals surface area contributed by atoms with Crippen LogP contribution in [0.5, 0.6) is 0 Å². The lowest BCUT2D eigenvalue weighted by Crippen LogP contribution is -2.24. The normalized spacial score (nSPS) is 12.0. The number of carbonyl (C=O) groups is 1. The first-order chi connectivity index (χ1) is 10.5. The molecule has 116 valence electrons. The SMILES string of the molecule is CCC(Sc1ccc(F)c(Cl)c1)C(=O)Nc1ccc(F)cc1. The zero-order valence-electron chi connectivity index (χ0n) is 11.8. The van der Waals surface area contributed by atoms with Crippen LogP contribution in [0.4, 0.5) is 14.5 Å². The molecule has 0 aliphatic carbocycles. The number of nitrogens with one attached hydrogen (secondary N) is 1. The number of halogens is 3. The largest absolute Gasteiger partial charge is 0.325 e. The van der Waals surface area contributed by atoms with Gasteiger partial charge in [0.2, 0.25) is 5.91 Å². The number of hydrogen-bond donors (Lipinski definition) is 1. The molecule has 1 unspecified atom stereocenters. The smallest absolute Gasteiger partial charge is 0.237 e. The summed E-state index contributed by atoms with van der Waals surface area (Å²) in [5, 5.41) is 2.40. The minimum absolute atomic E-state index is 0.0267. The zero-order chi connectivity index (χ0) is 16.1. The van der Waals surface area contributed by atoms with Crippen molar-refractivity contribution in [1.82, 2.24) is 0 Å². The Kier molecular flexibility index (Phi) is 5.80. The van der Waals surface area contributed by atoms with E-state index < -0.39 is 5.82 Å². The summed E-state index contributed by atoms with van der Waals surface area (Å²) in [6.07, 6.45) is 0.590. The maximum atomic E-state index is 13.1. The van der Waals surface area contributed by atoms with Crippen molar-refractivity contribution in [2.45, 2.75) is 23.5 Å². The molecule has 0 radical (unpaired) electrons. The Morgan fingerprint density at radius 3 is 2.50 bits per heavy atom. The molecule has 0 heterocycles. The first-order valence-electron chi connectivity index (χ1n) is 6.67. The van der Waals surface area contributed by atoms with Gasteiger partial charge in [0.15, 0.2) is 0 Å². The number of amides is 1. The van der Waals surface area contributed by atoms with Gasteiger partial charge in [0.05, 0.1) is 10.3 Å². The lowest BCUT2D eigenvalue weighted by molar-refractivity contribution is -0.115. The summed E-state index contributed by atoms with van der Waals surface area (Å²) >= 11 is 7.05. The van der Waals surface area contributed by atoms with Gasteiger partial charge in [0, 0.05) is 10.6 Å². The van der Waals surface area contributed by atoms with Gasteiger partial charge in [-0.25, -0.2) is 8.78 Å². The Bertz CT molecular complexity index is 664. The maximum Gasteiger partial charge on any atom is 0.237 e. The van der Waals surface area contributed by atoms with E-state index >= 15 is 0 Å². The number of hydrogen-bond acceptors (Lipinski definition) is 2. The minimum atomic E-state index is -0.491. The van der Waals surface area contributed by atoms with E-state index in [1.54, 1.807) is 6.07 Å². The van der Waals surface area contributed by atoms with Crippen molar-refractivity contribution < 1.29 is 13.6 Å². The van der Waals surface area contributed by atoms with Crippen LogP contribution in [0.2, 0.25) is 5.02 Å². The Morgan fingerprint density at radius 1 is 1.23 bits per heavy atom. The van der Waals surface area contributed by atoms with Crippen LogP contribution in [-0.4, -0.2) is 11.2 Å². The molecule has 0 aromatic heterocycles. The van der Waals surface area contributed by atoms with Gasteiger partial charge in [-0.1, -0.05) is 18.5 Å². The fourth-order valence-electron chi connectivity index (χ4n) is 1.79. The highest BCUT2D eigenvalue weighted by molar-refractivity contribution is 8.00. The molecular formula is C16H14ClF2NOS. The van der Waals surface area contributed by atoms with Gasteiger partial charge in [0.1, 0.15) is 11.6 Å². The van der Waals surface area contributed by atoms with Gasteiger partial charge in [-0.2, -0.15) is 0 Å². The third-order valence-corrected chi connectivity index (χ3v) is 4.59. The number of thioether (sulfide) groups is 1. The third-order valence-electron chi connectivity index (χ3n) is 2.94. The van der Waals surface area contributed by atoms with Crippen LogP contribution < -0.4 is 5.32 Å². The van der Waals surface area contributed by atoms with Gasteiger partial charge in [-0.3, -0.25) is 4.79 Å². The molecule has 2 nitrogen and oxygen atoms in total. The van der Waals surface area contributed by atoms with Crippen LogP contribution in [0, 0.1) is 11.6 Å². The summed E-state index contributed by atoms with van der Waals surface area (Å²) in [5.41, 5.74) is 0.530. The van der Waals surface area contributed by atoms with Crippen molar-refractivity contribution in [2.24, 2.45) is 0 Å². The van der Waals surface area contributed by atoms with E-state index in [4.69, 9.17) is 11.6 Å². The van der Waals surface area contributed by atoms with Gasteiger partial charge in [-0.15, -0.1) is 11.8 Å². The van der Waals surface area contributed by atoms with E-state index in [0.717, 1.165) is 0 Å². The molecule has 0 aliphatic rings. The van der Waals surface area contributed by atoms with E-state index in [1.807, 2.05) is 6.92 Å². The van der Waals surface area contributed by atoms with E-state index in [0.29, 0.717) is 17.0 Å². The molecule has 2 aromatic carbocycles. The molecule has 1 amide bonds. The summed E-state index contributed by atoms with van der Waals surface area (Å²) in [6, 6.07) is 9.91. The predicted octanol–water partition coefficient (Wildman–Crippen LogP) is 5.13. The number of benzene rings is 2. The highest BCUT2D eigenvalue weighted by Gasteiger charge is 2.18. The van der Waals surface area contributed by atoms with Gasteiger partial charge in [0.25, 0.3) is 0 Å². The Hall–Kier alpha value is -1.59. The number of rotatable bonds is 5. The topological polar surface area (TPSA) is 29.1 Å². The summed E-state index contributed by atoms with van der Waals surface area (Å²) in [7, 11) is 0. The molecule has 0 bridgehead atoms. The monoisotopic (exact) mass is 341 g/mol. The second-order valence-electron chi connectivity index (χ2n) is 4.59. The Morgan fingerprint density at radius 2 is 1.91 bits per heavy atom. The first kappa shape index (κ1) is 16.8. The number of carbonyl (C=O) groups excluding carboxylic acids is 1. The van der Waals surface area contributed by atoms with Crippen LogP contribution in [0.15, 0.2) is 47.4 Å². The molecule has 2 rings (SSSR count). The molecule has 0 saturated heterocycles. The van der Waals surface area contributed by atoms with Crippen molar-refractivity contribution >= 4 is 35.0 Å². The Labute approximate surface area is 136 Å². The average molecular weight is 342 g/mol. The standard InChI is InChI=1S/C16H14ClF2NOS/c1-2-15(22-12-7-8-14(19)13(17)9-12)16(21)20-11-5-3-10(18)4-6-11/h3-9,15H,2H2,1H3,(H,20,21). The van der Waals surface area contributed by atoms with E-state index in [-0.39, 0.29) is 22.0 Å². The fraction of sp³-hybridized carbons (Fsp3) is 0.188. The Balaban J connectivity index is 2.05. The predicted molar refractivity (Wildman–Crippen MR) is 86.4 cm³/mol. The van der Waals surface area contributed by atoms with E-state index in [2.05, 4.69) is 5.32 Å². The van der Waals surface area contributed by atoms with Crippen LogP contribution in [0.25, 0.3) is 0 Å².